The molecule has 1 aliphatic heterocycles. The molecule has 4 rings (SSSR count). The minimum atomic E-state index is -0.439. The van der Waals surface area contributed by atoms with Gasteiger partial charge in [0.15, 0.2) is 5.13 Å². The smallest absolute Gasteiger partial charge is 0.231 e. The van der Waals surface area contributed by atoms with Crippen LogP contribution in [0.5, 0.6) is 5.75 Å². The molecule has 0 bridgehead atoms. The lowest BCUT2D eigenvalue weighted by Crippen LogP contribution is -2.28. The minimum Gasteiger partial charge on any atom is -0.495 e. The third kappa shape index (κ3) is 3.48. The standard InChI is InChI=1S/C19H16ClN3O3S/c1-26-15-7-6-12(9-13(15)20)23-10-11(8-17(23)24)18(25)22-19-21-14-4-2-3-5-16(14)27-19/h2-7,9,11H,8,10H2,1H3,(H,21,22,25). The number of carbonyl (C=O) groups is 2. The number of fused-ring (bicyclic) bond motifs is 1. The van der Waals surface area contributed by atoms with Gasteiger partial charge in [0, 0.05) is 18.7 Å². The van der Waals surface area contributed by atoms with Crippen LogP contribution < -0.4 is 15.0 Å². The highest BCUT2D eigenvalue weighted by atomic mass is 35.5. The average molecular weight is 402 g/mol. The third-order valence-electron chi connectivity index (χ3n) is 4.47. The number of ether oxygens (including phenoxy) is 1. The van der Waals surface area contributed by atoms with E-state index in [1.165, 1.54) is 18.4 Å². The first kappa shape index (κ1) is 17.8. The number of benzene rings is 2. The van der Waals surface area contributed by atoms with Gasteiger partial charge in [0.25, 0.3) is 0 Å². The summed E-state index contributed by atoms with van der Waals surface area (Å²) >= 11 is 7.57. The summed E-state index contributed by atoms with van der Waals surface area (Å²) in [5, 5.41) is 3.80. The number of halogens is 1. The number of amides is 2. The Labute approximate surface area is 164 Å². The zero-order chi connectivity index (χ0) is 19.0. The molecule has 2 aromatic carbocycles. The van der Waals surface area contributed by atoms with Crippen molar-refractivity contribution in [3.63, 3.8) is 0 Å². The van der Waals surface area contributed by atoms with Crippen molar-refractivity contribution in [3.8, 4) is 5.75 Å². The lowest BCUT2D eigenvalue weighted by Gasteiger charge is -2.17. The lowest BCUT2D eigenvalue weighted by atomic mass is 10.1. The molecule has 138 valence electrons. The number of nitrogens with zero attached hydrogens (tertiary/aromatic N) is 2. The zero-order valence-electron chi connectivity index (χ0n) is 14.4. The van der Waals surface area contributed by atoms with Gasteiger partial charge in [-0.15, -0.1) is 0 Å². The molecule has 1 aromatic heterocycles. The molecule has 2 heterocycles. The lowest BCUT2D eigenvalue weighted by molar-refractivity contribution is -0.122. The van der Waals surface area contributed by atoms with Gasteiger partial charge < -0.3 is 15.0 Å². The fourth-order valence-electron chi connectivity index (χ4n) is 3.09. The molecule has 0 spiro atoms. The van der Waals surface area contributed by atoms with E-state index in [2.05, 4.69) is 10.3 Å². The Kier molecular flexibility index (Phi) is 4.72. The molecule has 1 N–H and O–H groups in total. The van der Waals surface area contributed by atoms with E-state index in [0.29, 0.717) is 28.1 Å². The predicted octanol–water partition coefficient (Wildman–Crippen LogP) is 3.95. The highest BCUT2D eigenvalue weighted by Crippen LogP contribution is 2.33. The van der Waals surface area contributed by atoms with Crippen molar-refractivity contribution >= 4 is 55.8 Å². The second-order valence-electron chi connectivity index (χ2n) is 6.20. The van der Waals surface area contributed by atoms with Gasteiger partial charge in [-0.2, -0.15) is 0 Å². The van der Waals surface area contributed by atoms with Gasteiger partial charge in [0.2, 0.25) is 11.8 Å². The summed E-state index contributed by atoms with van der Waals surface area (Å²) in [5.74, 6) is -0.215. The SMILES string of the molecule is COc1ccc(N2CC(C(=O)Nc3nc4ccccc4s3)CC2=O)cc1Cl. The summed E-state index contributed by atoms with van der Waals surface area (Å²) in [6, 6.07) is 12.8. The number of thiazole rings is 1. The van der Waals surface area contributed by atoms with Gasteiger partial charge in [-0.3, -0.25) is 9.59 Å². The van der Waals surface area contributed by atoms with Gasteiger partial charge >= 0.3 is 0 Å². The molecule has 1 aliphatic rings. The Balaban J connectivity index is 1.48. The molecule has 1 atom stereocenters. The monoisotopic (exact) mass is 401 g/mol. The maximum Gasteiger partial charge on any atom is 0.231 e. The van der Waals surface area contributed by atoms with E-state index in [9.17, 15) is 9.59 Å². The van der Waals surface area contributed by atoms with E-state index in [0.717, 1.165) is 10.2 Å². The van der Waals surface area contributed by atoms with Crippen LogP contribution in [0.25, 0.3) is 10.2 Å². The van der Waals surface area contributed by atoms with E-state index in [-0.39, 0.29) is 18.2 Å². The molecule has 6 nitrogen and oxygen atoms in total. The number of carbonyl (C=O) groups excluding carboxylic acids is 2. The molecule has 27 heavy (non-hydrogen) atoms. The number of nitrogens with one attached hydrogen (secondary N) is 1. The van der Waals surface area contributed by atoms with Crippen LogP contribution in [0.4, 0.5) is 10.8 Å². The molecule has 0 aliphatic carbocycles. The van der Waals surface area contributed by atoms with Gasteiger partial charge in [0.1, 0.15) is 5.75 Å². The normalized spacial score (nSPS) is 16.7. The van der Waals surface area contributed by atoms with Crippen molar-refractivity contribution in [2.75, 3.05) is 23.9 Å². The van der Waals surface area contributed by atoms with Crippen LogP contribution in [-0.2, 0) is 9.59 Å². The number of methoxy groups -OCH3 is 1. The highest BCUT2D eigenvalue weighted by molar-refractivity contribution is 7.22. The molecule has 2 amide bonds. The van der Waals surface area contributed by atoms with E-state index < -0.39 is 5.92 Å². The molecule has 1 fully saturated rings. The second-order valence-corrected chi connectivity index (χ2v) is 7.64. The summed E-state index contributed by atoms with van der Waals surface area (Å²) in [6.45, 7) is 0.304. The topological polar surface area (TPSA) is 71.5 Å². The van der Waals surface area contributed by atoms with Gasteiger partial charge in [0.05, 0.1) is 28.3 Å². The Morgan fingerprint density at radius 3 is 2.89 bits per heavy atom. The van der Waals surface area contributed by atoms with Crippen molar-refractivity contribution < 1.29 is 14.3 Å². The molecule has 0 radical (unpaired) electrons. The Hall–Kier alpha value is -2.64. The first-order valence-corrected chi connectivity index (χ1v) is 9.55. The van der Waals surface area contributed by atoms with Crippen molar-refractivity contribution in [2.24, 2.45) is 5.92 Å². The molecule has 0 saturated carbocycles. The van der Waals surface area contributed by atoms with Crippen LogP contribution >= 0.6 is 22.9 Å². The number of anilines is 2. The van der Waals surface area contributed by atoms with Crippen LogP contribution in [0, 0.1) is 5.92 Å². The second kappa shape index (κ2) is 7.17. The fourth-order valence-corrected chi connectivity index (χ4v) is 4.21. The number of rotatable bonds is 4. The van der Waals surface area contributed by atoms with E-state index in [1.54, 1.807) is 23.1 Å². The summed E-state index contributed by atoms with van der Waals surface area (Å²) in [5.41, 5.74) is 1.50. The van der Waals surface area contributed by atoms with Crippen LogP contribution in [0.15, 0.2) is 42.5 Å². The number of hydrogen-bond acceptors (Lipinski definition) is 5. The Morgan fingerprint density at radius 1 is 1.33 bits per heavy atom. The Bertz CT molecular complexity index is 1000. The van der Waals surface area contributed by atoms with Gasteiger partial charge in [-0.05, 0) is 30.3 Å². The van der Waals surface area contributed by atoms with Crippen molar-refractivity contribution in [1.29, 1.82) is 0 Å². The summed E-state index contributed by atoms with van der Waals surface area (Å²) < 4.78 is 6.14. The first-order valence-electron chi connectivity index (χ1n) is 8.35. The summed E-state index contributed by atoms with van der Waals surface area (Å²) in [4.78, 5) is 31.0. The molecular formula is C19H16ClN3O3S. The maximum absolute atomic E-state index is 12.6. The third-order valence-corrected chi connectivity index (χ3v) is 5.71. The minimum absolute atomic E-state index is 0.110. The van der Waals surface area contributed by atoms with Crippen LogP contribution in [-0.4, -0.2) is 30.5 Å². The van der Waals surface area contributed by atoms with E-state index in [4.69, 9.17) is 16.3 Å². The van der Waals surface area contributed by atoms with Crippen LogP contribution in [0.2, 0.25) is 5.02 Å². The molecule has 1 saturated heterocycles. The maximum atomic E-state index is 12.6. The van der Waals surface area contributed by atoms with Gasteiger partial charge in [-0.1, -0.05) is 35.1 Å². The van der Waals surface area contributed by atoms with Crippen molar-refractivity contribution in [3.05, 3.63) is 47.5 Å². The first-order chi connectivity index (χ1) is 13.0. The summed E-state index contributed by atoms with van der Waals surface area (Å²) in [6.07, 6.45) is 0.153. The molecule has 3 aromatic rings. The number of aromatic nitrogens is 1. The molecule has 8 heteroatoms. The van der Waals surface area contributed by atoms with E-state index >= 15 is 0 Å². The predicted molar refractivity (Wildman–Crippen MR) is 107 cm³/mol. The van der Waals surface area contributed by atoms with E-state index in [1.807, 2.05) is 24.3 Å². The van der Waals surface area contributed by atoms with Gasteiger partial charge in [-0.25, -0.2) is 4.98 Å². The fraction of sp³-hybridized carbons (Fsp3) is 0.211. The largest absolute Gasteiger partial charge is 0.495 e. The number of para-hydroxylation sites is 1. The van der Waals surface area contributed by atoms with Crippen LogP contribution in [0.1, 0.15) is 6.42 Å². The molecule has 1 unspecified atom stereocenters. The average Bonchev–Trinajstić information content (AvgIpc) is 3.24. The highest BCUT2D eigenvalue weighted by Gasteiger charge is 2.35. The quantitative estimate of drug-likeness (QED) is 0.718. The zero-order valence-corrected chi connectivity index (χ0v) is 16.0. The Morgan fingerprint density at radius 2 is 2.15 bits per heavy atom. The van der Waals surface area contributed by atoms with Crippen molar-refractivity contribution in [1.82, 2.24) is 4.98 Å². The molecular weight excluding hydrogens is 386 g/mol. The number of hydrogen-bond donors (Lipinski definition) is 1. The van der Waals surface area contributed by atoms with Crippen LogP contribution in [0.3, 0.4) is 0 Å². The summed E-state index contributed by atoms with van der Waals surface area (Å²) in [7, 11) is 1.53. The van der Waals surface area contributed by atoms with Crippen molar-refractivity contribution in [2.45, 2.75) is 6.42 Å².